The molecule has 2 heterocycles. The Morgan fingerprint density at radius 3 is 2.70 bits per heavy atom. The summed E-state index contributed by atoms with van der Waals surface area (Å²) in [5, 5.41) is 1.61. The number of aromatic nitrogens is 2. The highest BCUT2D eigenvalue weighted by Crippen LogP contribution is 2.32. The van der Waals surface area contributed by atoms with Crippen LogP contribution in [0.2, 0.25) is 0 Å². The SMILES string of the molecule is CCN(CC)c1nc(SC)nc2sc(C(=O)NN)cc12. The maximum absolute atomic E-state index is 11.7. The number of hydrazine groups is 1. The van der Waals surface area contributed by atoms with Gasteiger partial charge < -0.3 is 4.90 Å². The lowest BCUT2D eigenvalue weighted by Crippen LogP contribution is -2.29. The number of fused-ring (bicyclic) bond motifs is 1. The molecule has 2 aromatic rings. The second-order valence-corrected chi connectivity index (χ2v) is 5.81. The van der Waals surface area contributed by atoms with Gasteiger partial charge in [0.05, 0.1) is 10.3 Å². The molecular formula is C12H17N5OS2. The number of nitrogens with two attached hydrogens (primary N) is 1. The number of hydrogen-bond donors (Lipinski definition) is 2. The largest absolute Gasteiger partial charge is 0.356 e. The van der Waals surface area contributed by atoms with Crippen LogP contribution in [-0.4, -0.2) is 35.2 Å². The van der Waals surface area contributed by atoms with Gasteiger partial charge in [0.25, 0.3) is 5.91 Å². The first-order valence-corrected chi connectivity index (χ1v) is 8.30. The standard InChI is InChI=1S/C12H17N5OS2/c1-4-17(5-2)9-7-6-8(10(18)16-13)20-11(7)15-12(14-9)19-3/h6H,4-5,13H2,1-3H3,(H,16,18). The fraction of sp³-hybridized carbons (Fsp3) is 0.417. The van der Waals surface area contributed by atoms with Crippen molar-refractivity contribution in [2.45, 2.75) is 19.0 Å². The lowest BCUT2D eigenvalue weighted by atomic mass is 10.3. The molecule has 0 aliphatic rings. The number of nitrogens with one attached hydrogen (secondary N) is 1. The van der Waals surface area contributed by atoms with E-state index in [2.05, 4.69) is 34.1 Å². The molecule has 3 N–H and O–H groups in total. The van der Waals surface area contributed by atoms with Crippen LogP contribution in [0.3, 0.4) is 0 Å². The van der Waals surface area contributed by atoms with Gasteiger partial charge in [-0.2, -0.15) is 0 Å². The quantitative estimate of drug-likeness (QED) is 0.288. The number of thioether (sulfide) groups is 1. The lowest BCUT2D eigenvalue weighted by Gasteiger charge is -2.20. The van der Waals surface area contributed by atoms with Crippen LogP contribution in [0.4, 0.5) is 5.82 Å². The molecule has 20 heavy (non-hydrogen) atoms. The van der Waals surface area contributed by atoms with Gasteiger partial charge >= 0.3 is 0 Å². The minimum Gasteiger partial charge on any atom is -0.356 e. The van der Waals surface area contributed by atoms with Gasteiger partial charge in [-0.3, -0.25) is 10.2 Å². The highest BCUT2D eigenvalue weighted by Gasteiger charge is 2.17. The van der Waals surface area contributed by atoms with Gasteiger partial charge in [0.1, 0.15) is 10.6 Å². The molecule has 0 aliphatic heterocycles. The number of amides is 1. The average Bonchev–Trinajstić information content (AvgIpc) is 2.91. The molecule has 0 saturated heterocycles. The van der Waals surface area contributed by atoms with Crippen LogP contribution >= 0.6 is 23.1 Å². The predicted molar refractivity (Wildman–Crippen MR) is 84.4 cm³/mol. The van der Waals surface area contributed by atoms with Crippen LogP contribution in [0.15, 0.2) is 11.2 Å². The summed E-state index contributed by atoms with van der Waals surface area (Å²) in [6.07, 6.45) is 1.94. The van der Waals surface area contributed by atoms with Crippen molar-refractivity contribution in [3.8, 4) is 0 Å². The number of carbonyl (C=O) groups excluding carboxylic acids is 1. The Balaban J connectivity index is 2.64. The summed E-state index contributed by atoms with van der Waals surface area (Å²) in [4.78, 5) is 24.2. The van der Waals surface area contributed by atoms with Crippen LogP contribution in [0.25, 0.3) is 10.2 Å². The molecule has 0 aliphatic carbocycles. The molecule has 0 radical (unpaired) electrons. The molecule has 2 rings (SSSR count). The van der Waals surface area contributed by atoms with E-state index in [1.165, 1.54) is 23.1 Å². The van der Waals surface area contributed by atoms with Gasteiger partial charge in [0, 0.05) is 13.1 Å². The third kappa shape index (κ3) is 2.72. The maximum atomic E-state index is 11.7. The maximum Gasteiger partial charge on any atom is 0.275 e. The summed E-state index contributed by atoms with van der Waals surface area (Å²) in [6.45, 7) is 5.86. The van der Waals surface area contributed by atoms with E-state index in [0.29, 0.717) is 10.0 Å². The minimum atomic E-state index is -0.302. The summed E-state index contributed by atoms with van der Waals surface area (Å²) < 4.78 is 0. The normalized spacial score (nSPS) is 10.8. The third-order valence-electron chi connectivity index (χ3n) is 2.95. The van der Waals surface area contributed by atoms with Crippen molar-refractivity contribution in [2.24, 2.45) is 5.84 Å². The number of hydrogen-bond acceptors (Lipinski definition) is 7. The zero-order chi connectivity index (χ0) is 14.7. The molecular weight excluding hydrogens is 294 g/mol. The van der Waals surface area contributed by atoms with Crippen molar-refractivity contribution in [1.82, 2.24) is 15.4 Å². The Morgan fingerprint density at radius 2 is 2.15 bits per heavy atom. The lowest BCUT2D eigenvalue weighted by molar-refractivity contribution is 0.0958. The second-order valence-electron chi connectivity index (χ2n) is 4.01. The van der Waals surface area contributed by atoms with Crippen LogP contribution in [-0.2, 0) is 0 Å². The molecule has 1 amide bonds. The van der Waals surface area contributed by atoms with E-state index in [1.54, 1.807) is 6.07 Å². The zero-order valence-corrected chi connectivity index (χ0v) is 13.3. The summed E-state index contributed by atoms with van der Waals surface area (Å²) in [7, 11) is 0. The Hall–Kier alpha value is -1.38. The van der Waals surface area contributed by atoms with E-state index in [-0.39, 0.29) is 5.91 Å². The van der Waals surface area contributed by atoms with E-state index in [1.807, 2.05) is 6.26 Å². The van der Waals surface area contributed by atoms with Crippen LogP contribution in [0, 0.1) is 0 Å². The first-order chi connectivity index (χ1) is 9.64. The van der Waals surface area contributed by atoms with Crippen molar-refractivity contribution in [3.63, 3.8) is 0 Å². The summed E-state index contributed by atoms with van der Waals surface area (Å²) in [5.74, 6) is 5.76. The Kier molecular flexibility index (Phi) is 4.79. The van der Waals surface area contributed by atoms with Crippen molar-refractivity contribution < 1.29 is 4.79 Å². The highest BCUT2D eigenvalue weighted by molar-refractivity contribution is 7.98. The fourth-order valence-corrected chi connectivity index (χ4v) is 3.27. The monoisotopic (exact) mass is 311 g/mol. The van der Waals surface area contributed by atoms with Gasteiger partial charge in [-0.15, -0.1) is 11.3 Å². The molecule has 0 saturated carbocycles. The molecule has 8 heteroatoms. The molecule has 6 nitrogen and oxygen atoms in total. The van der Waals surface area contributed by atoms with Gasteiger partial charge in [-0.05, 0) is 26.2 Å². The first-order valence-electron chi connectivity index (χ1n) is 6.26. The number of nitrogens with zero attached hydrogens (tertiary/aromatic N) is 3. The van der Waals surface area contributed by atoms with E-state index < -0.39 is 0 Å². The number of anilines is 1. The number of carbonyl (C=O) groups is 1. The van der Waals surface area contributed by atoms with Gasteiger partial charge in [-0.25, -0.2) is 15.8 Å². The highest BCUT2D eigenvalue weighted by atomic mass is 32.2. The average molecular weight is 311 g/mol. The molecule has 0 spiro atoms. The molecule has 0 aromatic carbocycles. The topological polar surface area (TPSA) is 84.1 Å². The van der Waals surface area contributed by atoms with E-state index in [9.17, 15) is 4.79 Å². The van der Waals surface area contributed by atoms with E-state index in [4.69, 9.17) is 5.84 Å². The van der Waals surface area contributed by atoms with Gasteiger partial charge in [0.15, 0.2) is 5.16 Å². The van der Waals surface area contributed by atoms with Crippen molar-refractivity contribution >= 4 is 45.0 Å². The van der Waals surface area contributed by atoms with Crippen LogP contribution in [0.1, 0.15) is 23.5 Å². The van der Waals surface area contributed by atoms with Crippen molar-refractivity contribution in [3.05, 3.63) is 10.9 Å². The zero-order valence-electron chi connectivity index (χ0n) is 11.6. The number of thiophene rings is 1. The predicted octanol–water partition coefficient (Wildman–Crippen LogP) is 1.86. The van der Waals surface area contributed by atoms with E-state index in [0.717, 1.165) is 29.1 Å². The third-order valence-corrected chi connectivity index (χ3v) is 4.53. The minimum absolute atomic E-state index is 0.302. The number of nitrogen functional groups attached to an aromatic ring is 1. The fourth-order valence-electron chi connectivity index (χ4n) is 1.93. The van der Waals surface area contributed by atoms with Gasteiger partial charge in [-0.1, -0.05) is 11.8 Å². The second kappa shape index (κ2) is 6.38. The molecule has 0 atom stereocenters. The van der Waals surface area contributed by atoms with Crippen LogP contribution in [0.5, 0.6) is 0 Å². The van der Waals surface area contributed by atoms with E-state index >= 15 is 0 Å². The number of rotatable bonds is 5. The van der Waals surface area contributed by atoms with Crippen molar-refractivity contribution in [2.75, 3.05) is 24.2 Å². The summed E-state index contributed by atoms with van der Waals surface area (Å²) in [5.41, 5.74) is 2.15. The van der Waals surface area contributed by atoms with Crippen LogP contribution < -0.4 is 16.2 Å². The molecule has 0 unspecified atom stereocenters. The summed E-state index contributed by atoms with van der Waals surface area (Å²) >= 11 is 2.82. The molecule has 0 fully saturated rings. The smallest absolute Gasteiger partial charge is 0.275 e. The molecule has 2 aromatic heterocycles. The van der Waals surface area contributed by atoms with Gasteiger partial charge in [0.2, 0.25) is 0 Å². The Bertz CT molecular complexity index is 624. The van der Waals surface area contributed by atoms with Crippen molar-refractivity contribution in [1.29, 1.82) is 0 Å². The summed E-state index contributed by atoms with van der Waals surface area (Å²) in [6, 6.07) is 1.81. The molecule has 108 valence electrons. The Morgan fingerprint density at radius 1 is 1.45 bits per heavy atom. The Labute approximate surface area is 125 Å². The molecule has 0 bridgehead atoms. The first kappa shape index (κ1) is 15.0.